The summed E-state index contributed by atoms with van der Waals surface area (Å²) in [5.74, 6) is -1.13. The minimum atomic E-state index is -1.90. The van der Waals surface area contributed by atoms with Crippen molar-refractivity contribution in [2.24, 2.45) is 0 Å². The third-order valence-corrected chi connectivity index (χ3v) is 6.68. The number of benzene rings is 1. The van der Waals surface area contributed by atoms with Crippen LogP contribution in [0.5, 0.6) is 6.01 Å². The highest BCUT2D eigenvalue weighted by Crippen LogP contribution is 2.19. The lowest BCUT2D eigenvalue weighted by atomic mass is 10.00. The molecule has 2 aromatic heterocycles. The second-order valence-corrected chi connectivity index (χ2v) is 9.95. The van der Waals surface area contributed by atoms with E-state index in [2.05, 4.69) is 26.8 Å². The van der Waals surface area contributed by atoms with Gasteiger partial charge in [0.05, 0.1) is 19.8 Å². The number of imidazole rings is 1. The van der Waals surface area contributed by atoms with E-state index in [0.29, 0.717) is 13.0 Å². The lowest BCUT2D eigenvalue weighted by molar-refractivity contribution is -0.129. The number of aliphatic hydroxyl groups excluding tert-OH is 4. The number of aliphatic hydroxyl groups is 4. The first-order valence-corrected chi connectivity index (χ1v) is 13.5. The van der Waals surface area contributed by atoms with E-state index in [4.69, 9.17) is 20.3 Å². The van der Waals surface area contributed by atoms with Crippen molar-refractivity contribution in [2.45, 2.75) is 50.2 Å². The van der Waals surface area contributed by atoms with Crippen molar-refractivity contribution in [3.63, 3.8) is 0 Å². The molecule has 44 heavy (non-hydrogen) atoms. The standard InChI is InChI=1S/C28H36N6O10/c1-15(26(41)30-19(13-35)22(39)23(40)20(38)14-36)11-18(37)8-7-16-3-5-17(6-4-16)12-34-25-21(31-28(34)42)24(29)32-27(33-25)44-10-9-43-2/h3-6,13,19-20,22-23,36,38-40H,1,7-12,14H2,2H3,(H,30,41)(H,31,42)(H2,29,32,33)/t19-,20+,22+,23+/m0/s1. The first-order chi connectivity index (χ1) is 21.0. The number of fused-ring (bicyclic) bond motifs is 1. The van der Waals surface area contributed by atoms with Crippen molar-refractivity contribution in [3.8, 4) is 6.01 Å². The van der Waals surface area contributed by atoms with Crippen LogP contribution in [0.4, 0.5) is 5.82 Å². The molecule has 3 aromatic rings. The molecule has 0 unspecified atom stereocenters. The summed E-state index contributed by atoms with van der Waals surface area (Å²) >= 11 is 0. The molecule has 0 spiro atoms. The van der Waals surface area contributed by atoms with Gasteiger partial charge in [0.2, 0.25) is 5.91 Å². The van der Waals surface area contributed by atoms with Crippen LogP contribution in [-0.4, -0.2) is 109 Å². The van der Waals surface area contributed by atoms with Crippen LogP contribution >= 0.6 is 0 Å². The molecule has 1 aromatic carbocycles. The zero-order chi connectivity index (χ0) is 32.4. The number of carbonyl (C=O) groups excluding carboxylic acids is 3. The predicted molar refractivity (Wildman–Crippen MR) is 156 cm³/mol. The second kappa shape index (κ2) is 15.8. The molecule has 2 heterocycles. The smallest absolute Gasteiger partial charge is 0.328 e. The normalized spacial score (nSPS) is 14.0. The third kappa shape index (κ3) is 8.77. The van der Waals surface area contributed by atoms with Gasteiger partial charge in [-0.25, -0.2) is 4.79 Å². The lowest BCUT2D eigenvalue weighted by Crippen LogP contribution is -2.53. The Morgan fingerprint density at radius 3 is 2.45 bits per heavy atom. The van der Waals surface area contributed by atoms with Crippen LogP contribution in [0, 0.1) is 0 Å². The minimum Gasteiger partial charge on any atom is -0.461 e. The fraction of sp³-hybridized carbons (Fsp3) is 0.429. The number of rotatable bonds is 18. The van der Waals surface area contributed by atoms with Gasteiger partial charge in [-0.15, -0.1) is 0 Å². The third-order valence-electron chi connectivity index (χ3n) is 6.68. The van der Waals surface area contributed by atoms with Crippen LogP contribution in [-0.2, 0) is 32.1 Å². The number of aromatic amines is 1. The molecule has 0 aliphatic carbocycles. The molecule has 0 aliphatic rings. The number of H-pyrrole nitrogens is 1. The molecule has 0 saturated carbocycles. The highest BCUT2D eigenvalue weighted by Gasteiger charge is 2.32. The molecule has 4 atom stereocenters. The van der Waals surface area contributed by atoms with Crippen molar-refractivity contribution >= 4 is 35.0 Å². The maximum atomic E-state index is 12.6. The Bertz CT molecular complexity index is 1520. The average molecular weight is 617 g/mol. The van der Waals surface area contributed by atoms with Gasteiger partial charge >= 0.3 is 11.7 Å². The Morgan fingerprint density at radius 1 is 1.14 bits per heavy atom. The number of nitrogens with two attached hydrogens (primary N) is 1. The van der Waals surface area contributed by atoms with Crippen LogP contribution in [0.15, 0.2) is 41.2 Å². The van der Waals surface area contributed by atoms with Gasteiger partial charge in [-0.05, 0) is 17.5 Å². The zero-order valence-electron chi connectivity index (χ0n) is 24.0. The quantitative estimate of drug-likeness (QED) is 0.0464. The number of anilines is 1. The number of hydrogen-bond donors (Lipinski definition) is 7. The second-order valence-electron chi connectivity index (χ2n) is 9.95. The number of methoxy groups -OCH3 is 1. The van der Waals surface area contributed by atoms with Gasteiger partial charge in [0.15, 0.2) is 11.5 Å². The summed E-state index contributed by atoms with van der Waals surface area (Å²) in [6.45, 7) is 3.38. The lowest BCUT2D eigenvalue weighted by Gasteiger charge is -2.26. The summed E-state index contributed by atoms with van der Waals surface area (Å²) in [5, 5.41) is 40.3. The first kappa shape index (κ1) is 34.0. The molecule has 0 saturated heterocycles. The summed E-state index contributed by atoms with van der Waals surface area (Å²) in [7, 11) is 1.53. The Morgan fingerprint density at radius 2 is 1.82 bits per heavy atom. The number of nitrogen functional groups attached to an aromatic ring is 1. The number of hydrogen-bond acceptors (Lipinski definition) is 13. The molecule has 0 bridgehead atoms. The highest BCUT2D eigenvalue weighted by atomic mass is 16.5. The fourth-order valence-electron chi connectivity index (χ4n) is 4.14. The number of aryl methyl sites for hydroxylation is 1. The topological polar surface area (TPSA) is 252 Å². The number of ketones is 1. The van der Waals surface area contributed by atoms with Crippen molar-refractivity contribution < 1.29 is 44.3 Å². The van der Waals surface area contributed by atoms with E-state index in [1.807, 2.05) is 0 Å². The SMILES string of the molecule is C=C(CC(=O)CCc1ccc(Cn2c(=O)[nH]c3c(N)nc(OCCOC)nc32)cc1)C(=O)N[C@@H](C=O)[C@@H](O)[C@H](O)[C@H](O)CO. The van der Waals surface area contributed by atoms with Gasteiger partial charge < -0.3 is 50.7 Å². The molecule has 3 rings (SSSR count). The molecule has 16 nitrogen and oxygen atoms in total. The van der Waals surface area contributed by atoms with Crippen LogP contribution in [0.2, 0.25) is 0 Å². The fourth-order valence-corrected chi connectivity index (χ4v) is 4.14. The minimum absolute atomic E-state index is 0.0119. The van der Waals surface area contributed by atoms with Crippen molar-refractivity contribution in [1.29, 1.82) is 0 Å². The number of carbonyl (C=O) groups is 3. The van der Waals surface area contributed by atoms with Gasteiger partial charge in [-0.3, -0.25) is 14.2 Å². The molecule has 16 heteroatoms. The van der Waals surface area contributed by atoms with Gasteiger partial charge in [-0.2, -0.15) is 9.97 Å². The van der Waals surface area contributed by atoms with Crippen LogP contribution in [0.25, 0.3) is 11.2 Å². The molecule has 0 radical (unpaired) electrons. The molecular weight excluding hydrogens is 580 g/mol. The van der Waals surface area contributed by atoms with E-state index in [1.54, 1.807) is 24.3 Å². The van der Waals surface area contributed by atoms with E-state index in [9.17, 15) is 34.5 Å². The molecule has 0 fully saturated rings. The van der Waals surface area contributed by atoms with E-state index in [0.717, 1.165) is 11.1 Å². The number of nitrogens with one attached hydrogen (secondary N) is 2. The Kier molecular flexibility index (Phi) is 12.2. The van der Waals surface area contributed by atoms with Crippen molar-refractivity contribution in [1.82, 2.24) is 24.8 Å². The number of aromatic nitrogens is 4. The summed E-state index contributed by atoms with van der Waals surface area (Å²) < 4.78 is 11.8. The summed E-state index contributed by atoms with van der Waals surface area (Å²) in [5.41, 5.74) is 7.55. The monoisotopic (exact) mass is 616 g/mol. The first-order valence-electron chi connectivity index (χ1n) is 13.5. The number of Topliss-reactive ketones (excluding diaryl/α,β-unsaturated/α-hetero) is 1. The molecule has 238 valence electrons. The Balaban J connectivity index is 1.55. The number of nitrogens with zero attached hydrogens (tertiary/aromatic N) is 3. The zero-order valence-corrected chi connectivity index (χ0v) is 24.0. The Labute approximate surface area is 251 Å². The molecule has 0 aliphatic heterocycles. The number of aldehydes is 1. The van der Waals surface area contributed by atoms with Crippen LogP contribution < -0.4 is 21.5 Å². The summed E-state index contributed by atoms with van der Waals surface area (Å²) in [4.78, 5) is 59.8. The number of ether oxygens (including phenoxy) is 2. The van der Waals surface area contributed by atoms with Crippen LogP contribution in [0.1, 0.15) is 24.0 Å². The molecule has 1 amide bonds. The van der Waals surface area contributed by atoms with Crippen LogP contribution in [0.3, 0.4) is 0 Å². The van der Waals surface area contributed by atoms with Crippen molar-refractivity contribution in [3.05, 3.63) is 58.0 Å². The van der Waals surface area contributed by atoms with Crippen molar-refractivity contribution in [2.75, 3.05) is 32.7 Å². The molecule has 8 N–H and O–H groups in total. The van der Waals surface area contributed by atoms with Gasteiger partial charge in [0.25, 0.3) is 0 Å². The predicted octanol–water partition coefficient (Wildman–Crippen LogP) is -2.02. The van der Waals surface area contributed by atoms with Gasteiger partial charge in [-0.1, -0.05) is 30.8 Å². The van der Waals surface area contributed by atoms with Gasteiger partial charge in [0, 0.05) is 25.5 Å². The maximum Gasteiger partial charge on any atom is 0.328 e. The summed E-state index contributed by atoms with van der Waals surface area (Å²) in [6.07, 6.45) is -5.25. The van der Waals surface area contributed by atoms with Gasteiger partial charge in [0.1, 0.15) is 48.5 Å². The Hall–Kier alpha value is -4.48. The largest absolute Gasteiger partial charge is 0.461 e. The molecular formula is C28H36N6O10. The maximum absolute atomic E-state index is 12.6. The summed E-state index contributed by atoms with van der Waals surface area (Å²) in [6, 6.07) is 5.60. The highest BCUT2D eigenvalue weighted by molar-refractivity contribution is 5.99. The van der Waals surface area contributed by atoms with E-state index in [-0.39, 0.29) is 66.6 Å². The van der Waals surface area contributed by atoms with E-state index < -0.39 is 42.6 Å². The number of amides is 1. The average Bonchev–Trinajstić information content (AvgIpc) is 3.33. The van der Waals surface area contributed by atoms with E-state index >= 15 is 0 Å². The van der Waals surface area contributed by atoms with E-state index in [1.165, 1.54) is 11.7 Å².